The topological polar surface area (TPSA) is 98.1 Å². The summed E-state index contributed by atoms with van der Waals surface area (Å²) in [5.41, 5.74) is -0.417. The number of carbonyl (C=O) groups excluding carboxylic acids is 3. The molecule has 1 N–H and O–H groups in total. The molecule has 1 saturated heterocycles. The van der Waals surface area contributed by atoms with Gasteiger partial charge in [-0.25, -0.2) is 4.68 Å². The molecule has 0 radical (unpaired) electrons. The first-order valence-corrected chi connectivity index (χ1v) is 5.00. The van der Waals surface area contributed by atoms with Gasteiger partial charge in [0.15, 0.2) is 6.29 Å². The SMILES string of the molecule is O=Cc1ccc(=O)n(C2CCC(=O)NC2=O)n1. The average Bonchev–Trinajstić information content (AvgIpc) is 2.30. The minimum Gasteiger partial charge on any atom is -0.296 e. The van der Waals surface area contributed by atoms with Crippen LogP contribution in [0.25, 0.3) is 0 Å². The lowest BCUT2D eigenvalue weighted by molar-refractivity contribution is -0.136. The largest absolute Gasteiger partial charge is 0.296 e. The van der Waals surface area contributed by atoms with Crippen molar-refractivity contribution in [2.75, 3.05) is 0 Å². The maximum Gasteiger partial charge on any atom is 0.267 e. The fourth-order valence-corrected chi connectivity index (χ4v) is 1.64. The molecule has 1 atom stereocenters. The van der Waals surface area contributed by atoms with Crippen LogP contribution in [0.3, 0.4) is 0 Å². The van der Waals surface area contributed by atoms with E-state index in [1.807, 2.05) is 0 Å². The fourth-order valence-electron chi connectivity index (χ4n) is 1.64. The van der Waals surface area contributed by atoms with Crippen LogP contribution in [0.4, 0.5) is 0 Å². The quantitative estimate of drug-likeness (QED) is 0.525. The van der Waals surface area contributed by atoms with Crippen molar-refractivity contribution in [1.82, 2.24) is 15.1 Å². The van der Waals surface area contributed by atoms with Crippen molar-refractivity contribution in [1.29, 1.82) is 0 Å². The molecular weight excluding hydrogens is 226 g/mol. The van der Waals surface area contributed by atoms with Gasteiger partial charge in [0, 0.05) is 12.5 Å². The van der Waals surface area contributed by atoms with Gasteiger partial charge in [-0.1, -0.05) is 0 Å². The van der Waals surface area contributed by atoms with Gasteiger partial charge in [-0.3, -0.25) is 24.5 Å². The summed E-state index contributed by atoms with van der Waals surface area (Å²) in [5, 5.41) is 5.88. The summed E-state index contributed by atoms with van der Waals surface area (Å²) < 4.78 is 0.936. The summed E-state index contributed by atoms with van der Waals surface area (Å²) in [6.07, 6.45) is 0.845. The standard InChI is InChI=1S/C10H9N3O4/c14-5-6-1-4-9(16)13(12-6)7-2-3-8(15)11-10(7)17/h1,4-5,7H,2-3H2,(H,11,15,17). The second-order valence-electron chi connectivity index (χ2n) is 3.63. The third-order valence-corrected chi connectivity index (χ3v) is 2.47. The molecule has 1 aromatic rings. The normalized spacial score (nSPS) is 19.9. The highest BCUT2D eigenvalue weighted by molar-refractivity contribution is 5.99. The van der Waals surface area contributed by atoms with E-state index in [0.717, 1.165) is 4.68 Å². The first-order valence-electron chi connectivity index (χ1n) is 5.00. The summed E-state index contributed by atoms with van der Waals surface area (Å²) >= 11 is 0. The zero-order valence-corrected chi connectivity index (χ0v) is 8.75. The van der Waals surface area contributed by atoms with Gasteiger partial charge in [0.25, 0.3) is 11.5 Å². The van der Waals surface area contributed by atoms with Gasteiger partial charge in [0.2, 0.25) is 5.91 Å². The number of aldehydes is 1. The zero-order chi connectivity index (χ0) is 12.4. The number of amides is 2. The molecule has 0 spiro atoms. The molecule has 2 heterocycles. The van der Waals surface area contributed by atoms with E-state index in [-0.39, 0.29) is 24.4 Å². The maximum atomic E-state index is 11.5. The van der Waals surface area contributed by atoms with Crippen molar-refractivity contribution >= 4 is 18.1 Å². The third kappa shape index (κ3) is 2.12. The molecule has 1 unspecified atom stereocenters. The Morgan fingerprint density at radius 2 is 2.12 bits per heavy atom. The summed E-state index contributed by atoms with van der Waals surface area (Å²) in [6.45, 7) is 0. The lowest BCUT2D eigenvalue weighted by Gasteiger charge is -2.21. The molecule has 0 aromatic carbocycles. The number of rotatable bonds is 2. The van der Waals surface area contributed by atoms with Crippen LogP contribution in [0.5, 0.6) is 0 Å². The molecule has 7 heteroatoms. The Balaban J connectivity index is 2.39. The Hall–Kier alpha value is -2.31. The Morgan fingerprint density at radius 3 is 2.76 bits per heavy atom. The number of aromatic nitrogens is 2. The minimum absolute atomic E-state index is 0.0642. The van der Waals surface area contributed by atoms with Crippen molar-refractivity contribution in [2.24, 2.45) is 0 Å². The van der Waals surface area contributed by atoms with Gasteiger partial charge in [-0.05, 0) is 12.5 Å². The lowest BCUT2D eigenvalue weighted by Crippen LogP contribution is -2.45. The molecule has 0 aliphatic carbocycles. The van der Waals surface area contributed by atoms with Crippen molar-refractivity contribution in [3.05, 3.63) is 28.2 Å². The number of carbonyl (C=O) groups is 3. The molecule has 1 aliphatic rings. The summed E-state index contributed by atoms with van der Waals surface area (Å²) in [7, 11) is 0. The van der Waals surface area contributed by atoms with E-state index in [1.165, 1.54) is 12.1 Å². The number of imide groups is 1. The van der Waals surface area contributed by atoms with Crippen molar-refractivity contribution in [3.63, 3.8) is 0 Å². The summed E-state index contributed by atoms with van der Waals surface area (Å²) in [5.74, 6) is -0.940. The van der Waals surface area contributed by atoms with Crippen LogP contribution >= 0.6 is 0 Å². The van der Waals surface area contributed by atoms with Gasteiger partial charge in [-0.15, -0.1) is 0 Å². The van der Waals surface area contributed by atoms with Crippen LogP contribution in [-0.2, 0) is 9.59 Å². The number of hydrogen-bond donors (Lipinski definition) is 1. The Labute approximate surface area is 95.4 Å². The predicted octanol–water partition coefficient (Wildman–Crippen LogP) is -0.967. The van der Waals surface area contributed by atoms with E-state index in [1.54, 1.807) is 0 Å². The molecule has 17 heavy (non-hydrogen) atoms. The second-order valence-corrected chi connectivity index (χ2v) is 3.63. The highest BCUT2D eigenvalue weighted by Gasteiger charge is 2.29. The van der Waals surface area contributed by atoms with Crippen molar-refractivity contribution in [3.8, 4) is 0 Å². The summed E-state index contributed by atoms with van der Waals surface area (Å²) in [4.78, 5) is 44.6. The third-order valence-electron chi connectivity index (χ3n) is 2.47. The fraction of sp³-hybridized carbons (Fsp3) is 0.300. The predicted molar refractivity (Wildman–Crippen MR) is 55.3 cm³/mol. The second kappa shape index (κ2) is 4.28. The van der Waals surface area contributed by atoms with Crippen molar-refractivity contribution < 1.29 is 14.4 Å². The number of nitrogens with zero attached hydrogens (tertiary/aromatic N) is 2. The molecule has 1 aromatic heterocycles. The molecule has 1 aliphatic heterocycles. The molecule has 1 fully saturated rings. The number of piperidine rings is 1. The van der Waals surface area contributed by atoms with Gasteiger partial charge in [0.05, 0.1) is 0 Å². The van der Waals surface area contributed by atoms with E-state index in [4.69, 9.17) is 0 Å². The Kier molecular flexibility index (Phi) is 2.82. The molecule has 7 nitrogen and oxygen atoms in total. The van der Waals surface area contributed by atoms with E-state index in [2.05, 4.69) is 10.4 Å². The van der Waals surface area contributed by atoms with Crippen molar-refractivity contribution in [2.45, 2.75) is 18.9 Å². The molecule has 2 rings (SSSR count). The monoisotopic (exact) mass is 235 g/mol. The molecular formula is C10H9N3O4. The van der Waals surface area contributed by atoms with E-state index in [9.17, 15) is 19.2 Å². The van der Waals surface area contributed by atoms with Gasteiger partial charge >= 0.3 is 0 Å². The first kappa shape index (κ1) is 11.2. The first-order chi connectivity index (χ1) is 8.11. The highest BCUT2D eigenvalue weighted by atomic mass is 16.2. The van der Waals surface area contributed by atoms with Crippen LogP contribution < -0.4 is 10.9 Å². The Bertz CT molecular complexity index is 549. The molecule has 0 bridgehead atoms. The molecule has 88 valence electrons. The highest BCUT2D eigenvalue weighted by Crippen LogP contribution is 2.15. The van der Waals surface area contributed by atoms with Crippen LogP contribution in [0.2, 0.25) is 0 Å². The Morgan fingerprint density at radius 1 is 1.35 bits per heavy atom. The van der Waals surface area contributed by atoms with Crippen LogP contribution in [0.1, 0.15) is 29.4 Å². The van der Waals surface area contributed by atoms with Crippen LogP contribution in [-0.4, -0.2) is 27.9 Å². The lowest BCUT2D eigenvalue weighted by atomic mass is 10.1. The van der Waals surface area contributed by atoms with Gasteiger partial charge < -0.3 is 0 Å². The zero-order valence-electron chi connectivity index (χ0n) is 8.75. The van der Waals surface area contributed by atoms with Crippen LogP contribution in [0.15, 0.2) is 16.9 Å². The number of hydrogen-bond acceptors (Lipinski definition) is 5. The van der Waals surface area contributed by atoms with Crippen LogP contribution in [0, 0.1) is 0 Å². The minimum atomic E-state index is -0.833. The van der Waals surface area contributed by atoms with E-state index < -0.39 is 17.5 Å². The molecule has 0 saturated carbocycles. The van der Waals surface area contributed by atoms with Gasteiger partial charge in [-0.2, -0.15) is 5.10 Å². The smallest absolute Gasteiger partial charge is 0.267 e. The number of nitrogens with one attached hydrogen (secondary N) is 1. The maximum absolute atomic E-state index is 11.5. The summed E-state index contributed by atoms with van der Waals surface area (Å²) in [6, 6.07) is 1.61. The van der Waals surface area contributed by atoms with Gasteiger partial charge in [0.1, 0.15) is 11.7 Å². The van der Waals surface area contributed by atoms with E-state index in [0.29, 0.717) is 6.29 Å². The molecule has 2 amide bonds. The average molecular weight is 235 g/mol. The van der Waals surface area contributed by atoms with E-state index >= 15 is 0 Å².